The molecule has 3 N–H and O–H groups in total. The van der Waals surface area contributed by atoms with Crippen LogP contribution in [0.25, 0.3) is 16.2 Å². The Hall–Kier alpha value is -3.45. The molecule has 2 amide bonds. The van der Waals surface area contributed by atoms with Crippen LogP contribution >= 0.6 is 11.3 Å². The summed E-state index contributed by atoms with van der Waals surface area (Å²) in [5, 5.41) is 4.83. The standard InChI is InChI=1S/C21H18N4O2S/c22-19(26)10-14-6-8-16(9-7-14)23-20(27)11-17-13-28-21-24-18(12-25(17)21)15-4-2-1-3-5-15/h1-9,12-13H,10-11H2,(H2,22,26)(H,23,27). The van der Waals surface area contributed by atoms with Gasteiger partial charge in [0, 0.05) is 28.5 Å². The average Bonchev–Trinajstić information content (AvgIpc) is 3.26. The summed E-state index contributed by atoms with van der Waals surface area (Å²) in [5.41, 5.74) is 9.51. The minimum atomic E-state index is -0.381. The highest BCUT2D eigenvalue weighted by atomic mass is 32.1. The van der Waals surface area contributed by atoms with E-state index in [9.17, 15) is 9.59 Å². The maximum Gasteiger partial charge on any atom is 0.230 e. The number of imidazole rings is 1. The van der Waals surface area contributed by atoms with Crippen molar-refractivity contribution in [3.63, 3.8) is 0 Å². The molecule has 28 heavy (non-hydrogen) atoms. The van der Waals surface area contributed by atoms with Crippen molar-refractivity contribution in [1.29, 1.82) is 0 Å². The number of benzene rings is 2. The lowest BCUT2D eigenvalue weighted by molar-refractivity contribution is -0.117. The van der Waals surface area contributed by atoms with Crippen LogP contribution in [0.3, 0.4) is 0 Å². The molecule has 0 saturated carbocycles. The molecule has 7 heteroatoms. The number of amides is 2. The number of nitrogens with zero attached hydrogens (tertiary/aromatic N) is 2. The van der Waals surface area contributed by atoms with Crippen LogP contribution in [0.15, 0.2) is 66.2 Å². The van der Waals surface area contributed by atoms with Crippen molar-refractivity contribution >= 4 is 33.8 Å². The highest BCUT2D eigenvalue weighted by molar-refractivity contribution is 7.15. The molecule has 4 rings (SSSR count). The van der Waals surface area contributed by atoms with Gasteiger partial charge in [0.25, 0.3) is 0 Å². The molecule has 0 aliphatic carbocycles. The molecule has 0 spiro atoms. The molecule has 2 aromatic carbocycles. The lowest BCUT2D eigenvalue weighted by Gasteiger charge is -2.06. The van der Waals surface area contributed by atoms with E-state index in [0.29, 0.717) is 5.69 Å². The van der Waals surface area contributed by atoms with Crippen LogP contribution in [0.2, 0.25) is 0 Å². The summed E-state index contributed by atoms with van der Waals surface area (Å²) in [4.78, 5) is 28.9. The third-order valence-corrected chi connectivity index (χ3v) is 5.20. The number of aromatic nitrogens is 2. The Morgan fingerprint density at radius 2 is 1.79 bits per heavy atom. The van der Waals surface area contributed by atoms with Crippen molar-refractivity contribution < 1.29 is 9.59 Å². The van der Waals surface area contributed by atoms with E-state index < -0.39 is 0 Å². The molecule has 0 radical (unpaired) electrons. The van der Waals surface area contributed by atoms with Crippen molar-refractivity contribution in [2.45, 2.75) is 12.8 Å². The highest BCUT2D eigenvalue weighted by Crippen LogP contribution is 2.24. The fourth-order valence-corrected chi connectivity index (χ4v) is 3.85. The van der Waals surface area contributed by atoms with Crippen molar-refractivity contribution in [2.24, 2.45) is 5.73 Å². The van der Waals surface area contributed by atoms with E-state index in [-0.39, 0.29) is 24.7 Å². The summed E-state index contributed by atoms with van der Waals surface area (Å²) in [6.45, 7) is 0. The number of carbonyl (C=O) groups is 2. The van der Waals surface area contributed by atoms with Gasteiger partial charge in [0.1, 0.15) is 0 Å². The van der Waals surface area contributed by atoms with Gasteiger partial charge in [-0.1, -0.05) is 42.5 Å². The predicted octanol–water partition coefficient (Wildman–Crippen LogP) is 3.27. The maximum absolute atomic E-state index is 12.4. The lowest BCUT2D eigenvalue weighted by atomic mass is 10.1. The first-order chi connectivity index (χ1) is 13.6. The second kappa shape index (κ2) is 7.66. The minimum Gasteiger partial charge on any atom is -0.369 e. The molecule has 140 valence electrons. The lowest BCUT2D eigenvalue weighted by Crippen LogP contribution is -2.16. The second-order valence-corrected chi connectivity index (χ2v) is 7.27. The first-order valence-corrected chi connectivity index (χ1v) is 9.64. The van der Waals surface area contributed by atoms with Gasteiger partial charge >= 0.3 is 0 Å². The number of nitrogens with one attached hydrogen (secondary N) is 1. The number of fused-ring (bicyclic) bond motifs is 1. The number of anilines is 1. The molecule has 0 fully saturated rings. The summed E-state index contributed by atoms with van der Waals surface area (Å²) >= 11 is 1.51. The molecule has 0 aliphatic heterocycles. The van der Waals surface area contributed by atoms with Crippen molar-refractivity contribution in [2.75, 3.05) is 5.32 Å². The SMILES string of the molecule is NC(=O)Cc1ccc(NC(=O)Cc2csc3nc(-c4ccccc4)cn23)cc1. The first-order valence-electron chi connectivity index (χ1n) is 8.76. The van der Waals surface area contributed by atoms with Crippen LogP contribution in [0.1, 0.15) is 11.3 Å². The summed E-state index contributed by atoms with van der Waals surface area (Å²) in [5.74, 6) is -0.495. The molecule has 4 aromatic rings. The summed E-state index contributed by atoms with van der Waals surface area (Å²) in [6.07, 6.45) is 2.39. The summed E-state index contributed by atoms with van der Waals surface area (Å²) in [7, 11) is 0. The molecule has 2 heterocycles. The molecule has 0 saturated heterocycles. The molecule has 6 nitrogen and oxygen atoms in total. The van der Waals surface area contributed by atoms with Gasteiger partial charge in [0.15, 0.2) is 4.96 Å². The molecule has 0 bridgehead atoms. The van der Waals surface area contributed by atoms with Gasteiger partial charge in [0.2, 0.25) is 11.8 Å². The monoisotopic (exact) mass is 390 g/mol. The van der Waals surface area contributed by atoms with Gasteiger partial charge in [0.05, 0.1) is 18.5 Å². The zero-order valence-electron chi connectivity index (χ0n) is 15.0. The zero-order valence-corrected chi connectivity index (χ0v) is 15.8. The largest absolute Gasteiger partial charge is 0.369 e. The van der Waals surface area contributed by atoms with Crippen LogP contribution in [-0.2, 0) is 22.4 Å². The number of carbonyl (C=O) groups excluding carboxylic acids is 2. The van der Waals surface area contributed by atoms with Crippen LogP contribution in [0, 0.1) is 0 Å². The third kappa shape index (κ3) is 3.94. The van der Waals surface area contributed by atoms with Gasteiger partial charge in [-0.2, -0.15) is 0 Å². The van der Waals surface area contributed by atoms with E-state index in [1.165, 1.54) is 11.3 Å². The number of hydrogen-bond acceptors (Lipinski definition) is 4. The third-order valence-electron chi connectivity index (χ3n) is 4.31. The molecule has 0 unspecified atom stereocenters. The van der Waals surface area contributed by atoms with Crippen LogP contribution in [-0.4, -0.2) is 21.2 Å². The molecule has 0 atom stereocenters. The number of hydrogen-bond donors (Lipinski definition) is 2. The topological polar surface area (TPSA) is 89.5 Å². The van der Waals surface area contributed by atoms with Crippen LogP contribution < -0.4 is 11.1 Å². The summed E-state index contributed by atoms with van der Waals surface area (Å²) in [6, 6.07) is 17.1. The highest BCUT2D eigenvalue weighted by Gasteiger charge is 2.13. The summed E-state index contributed by atoms with van der Waals surface area (Å²) < 4.78 is 1.96. The Balaban J connectivity index is 1.46. The van der Waals surface area contributed by atoms with Gasteiger partial charge in [-0.15, -0.1) is 11.3 Å². The average molecular weight is 390 g/mol. The quantitative estimate of drug-likeness (QED) is 0.529. The number of rotatable bonds is 6. The fourth-order valence-electron chi connectivity index (χ4n) is 2.98. The van der Waals surface area contributed by atoms with Gasteiger partial charge < -0.3 is 11.1 Å². The normalized spacial score (nSPS) is 10.9. The zero-order chi connectivity index (χ0) is 19.5. The molecular formula is C21H18N4O2S. The Labute approximate surface area is 165 Å². The number of thiazole rings is 1. The smallest absolute Gasteiger partial charge is 0.230 e. The Kier molecular flexibility index (Phi) is 4.90. The van der Waals surface area contributed by atoms with Crippen LogP contribution in [0.5, 0.6) is 0 Å². The van der Waals surface area contributed by atoms with Gasteiger partial charge in [-0.3, -0.25) is 14.0 Å². The van der Waals surface area contributed by atoms with E-state index in [4.69, 9.17) is 5.73 Å². The van der Waals surface area contributed by atoms with E-state index in [0.717, 1.165) is 27.5 Å². The Bertz CT molecular complexity index is 1130. The number of primary amides is 1. The first kappa shape index (κ1) is 17.9. The predicted molar refractivity (Wildman–Crippen MR) is 110 cm³/mol. The second-order valence-electron chi connectivity index (χ2n) is 6.44. The maximum atomic E-state index is 12.4. The molecular weight excluding hydrogens is 372 g/mol. The minimum absolute atomic E-state index is 0.114. The fraction of sp³-hybridized carbons (Fsp3) is 0.0952. The number of nitrogens with two attached hydrogens (primary N) is 1. The van der Waals surface area contributed by atoms with E-state index in [1.807, 2.05) is 46.3 Å². The van der Waals surface area contributed by atoms with Crippen LogP contribution in [0.4, 0.5) is 5.69 Å². The van der Waals surface area contributed by atoms with E-state index in [1.54, 1.807) is 24.3 Å². The molecule has 2 aromatic heterocycles. The van der Waals surface area contributed by atoms with Crippen molar-refractivity contribution in [1.82, 2.24) is 9.38 Å². The Morgan fingerprint density at radius 3 is 2.50 bits per heavy atom. The van der Waals surface area contributed by atoms with Crippen molar-refractivity contribution in [3.05, 3.63) is 77.4 Å². The van der Waals surface area contributed by atoms with Gasteiger partial charge in [-0.25, -0.2) is 4.98 Å². The Morgan fingerprint density at radius 1 is 1.04 bits per heavy atom. The molecule has 0 aliphatic rings. The van der Waals surface area contributed by atoms with E-state index >= 15 is 0 Å². The van der Waals surface area contributed by atoms with Gasteiger partial charge in [-0.05, 0) is 17.7 Å². The van der Waals surface area contributed by atoms with Crippen molar-refractivity contribution in [3.8, 4) is 11.3 Å². The van der Waals surface area contributed by atoms with E-state index in [2.05, 4.69) is 10.3 Å².